The highest BCUT2D eigenvalue weighted by atomic mass is 79.9. The van der Waals surface area contributed by atoms with Crippen molar-refractivity contribution in [3.05, 3.63) is 32.4 Å². The van der Waals surface area contributed by atoms with Crippen LogP contribution < -0.4 is 0 Å². The molecule has 1 N–H and O–H groups in total. The van der Waals surface area contributed by atoms with E-state index in [1.165, 1.54) is 11.3 Å². The van der Waals surface area contributed by atoms with Crippen LogP contribution in [-0.2, 0) is 7.05 Å². The number of aliphatic hydroxyl groups is 1. The van der Waals surface area contributed by atoms with E-state index in [1.54, 1.807) is 10.9 Å². The van der Waals surface area contributed by atoms with Crippen molar-refractivity contribution in [2.75, 3.05) is 0 Å². The zero-order chi connectivity index (χ0) is 11.0. The first kappa shape index (κ1) is 10.8. The number of aliphatic hydroxyl groups excluding tert-OH is 1. The zero-order valence-electron chi connectivity index (χ0n) is 8.31. The number of halogens is 1. The SMILES string of the molecule is Cc1c(C(O)c2nc(Br)cs2)cnn1C. The quantitative estimate of drug-likeness (QED) is 0.920. The first-order valence-electron chi connectivity index (χ1n) is 4.37. The number of nitrogens with zero attached hydrogens (tertiary/aromatic N) is 3. The summed E-state index contributed by atoms with van der Waals surface area (Å²) in [5.74, 6) is 0. The van der Waals surface area contributed by atoms with Crippen molar-refractivity contribution in [1.29, 1.82) is 0 Å². The zero-order valence-corrected chi connectivity index (χ0v) is 10.7. The standard InChI is InChI=1S/C9H10BrN3OS/c1-5-6(3-11-13(5)2)8(14)9-12-7(10)4-15-9/h3-4,8,14H,1-2H3. The Labute approximate surface area is 99.7 Å². The van der Waals surface area contributed by atoms with Crippen LogP contribution >= 0.6 is 27.3 Å². The van der Waals surface area contributed by atoms with E-state index in [2.05, 4.69) is 26.0 Å². The number of hydrogen-bond donors (Lipinski definition) is 1. The van der Waals surface area contributed by atoms with Gasteiger partial charge < -0.3 is 5.11 Å². The van der Waals surface area contributed by atoms with Crippen LogP contribution in [0, 0.1) is 6.92 Å². The van der Waals surface area contributed by atoms with Gasteiger partial charge in [0.15, 0.2) is 0 Å². The van der Waals surface area contributed by atoms with E-state index < -0.39 is 6.10 Å². The summed E-state index contributed by atoms with van der Waals surface area (Å²) in [7, 11) is 1.85. The number of hydrogen-bond acceptors (Lipinski definition) is 4. The monoisotopic (exact) mass is 287 g/mol. The summed E-state index contributed by atoms with van der Waals surface area (Å²) in [5.41, 5.74) is 1.76. The van der Waals surface area contributed by atoms with Gasteiger partial charge in [-0.25, -0.2) is 4.98 Å². The average molecular weight is 288 g/mol. The molecule has 1 unspecified atom stereocenters. The van der Waals surface area contributed by atoms with Crippen LogP contribution in [0.1, 0.15) is 22.4 Å². The van der Waals surface area contributed by atoms with Crippen molar-refractivity contribution in [1.82, 2.24) is 14.8 Å². The molecule has 2 heterocycles. The molecule has 2 rings (SSSR count). The molecule has 0 saturated heterocycles. The van der Waals surface area contributed by atoms with Crippen molar-refractivity contribution >= 4 is 27.3 Å². The molecule has 0 aromatic carbocycles. The highest BCUT2D eigenvalue weighted by Crippen LogP contribution is 2.28. The third kappa shape index (κ3) is 1.97. The van der Waals surface area contributed by atoms with Gasteiger partial charge in [0.2, 0.25) is 0 Å². The summed E-state index contributed by atoms with van der Waals surface area (Å²) in [5, 5.41) is 16.7. The van der Waals surface area contributed by atoms with Gasteiger partial charge in [-0.2, -0.15) is 5.10 Å². The molecule has 0 aliphatic heterocycles. The van der Waals surface area contributed by atoms with Crippen LogP contribution in [0.4, 0.5) is 0 Å². The second kappa shape index (κ2) is 4.03. The maximum atomic E-state index is 10.1. The lowest BCUT2D eigenvalue weighted by molar-refractivity contribution is 0.218. The molecule has 0 bridgehead atoms. The average Bonchev–Trinajstić information content (AvgIpc) is 2.75. The Morgan fingerprint density at radius 1 is 1.60 bits per heavy atom. The summed E-state index contributed by atoms with van der Waals surface area (Å²) in [6, 6.07) is 0. The Bertz CT molecular complexity index is 479. The van der Waals surface area contributed by atoms with Gasteiger partial charge in [-0.1, -0.05) is 0 Å². The summed E-state index contributed by atoms with van der Waals surface area (Å²) in [6.45, 7) is 1.92. The molecule has 2 aromatic rings. The Morgan fingerprint density at radius 2 is 2.33 bits per heavy atom. The number of aryl methyl sites for hydroxylation is 1. The molecule has 80 valence electrons. The predicted octanol–water partition coefficient (Wildman–Crippen LogP) is 2.03. The maximum absolute atomic E-state index is 10.1. The lowest BCUT2D eigenvalue weighted by Crippen LogP contribution is -2.01. The van der Waals surface area contributed by atoms with Gasteiger partial charge in [-0.05, 0) is 22.9 Å². The van der Waals surface area contributed by atoms with E-state index in [1.807, 2.05) is 19.4 Å². The lowest BCUT2D eigenvalue weighted by Gasteiger charge is -2.06. The fourth-order valence-electron chi connectivity index (χ4n) is 1.31. The Hall–Kier alpha value is -0.720. The van der Waals surface area contributed by atoms with E-state index in [0.29, 0.717) is 5.01 Å². The number of thiazole rings is 1. The van der Waals surface area contributed by atoms with Crippen LogP contribution in [0.2, 0.25) is 0 Å². The van der Waals surface area contributed by atoms with Crippen molar-refractivity contribution in [2.24, 2.45) is 7.05 Å². The first-order chi connectivity index (χ1) is 7.09. The minimum atomic E-state index is -0.685. The van der Waals surface area contributed by atoms with E-state index in [9.17, 15) is 5.11 Å². The Balaban J connectivity index is 2.36. The summed E-state index contributed by atoms with van der Waals surface area (Å²) < 4.78 is 2.49. The second-order valence-corrected chi connectivity index (χ2v) is 4.92. The molecular formula is C9H10BrN3OS. The smallest absolute Gasteiger partial charge is 0.134 e. The normalized spacial score (nSPS) is 13.1. The van der Waals surface area contributed by atoms with E-state index >= 15 is 0 Å². The fourth-order valence-corrected chi connectivity index (χ4v) is 2.58. The van der Waals surface area contributed by atoms with Gasteiger partial charge in [0.05, 0.1) is 6.20 Å². The van der Waals surface area contributed by atoms with Crippen LogP contribution in [-0.4, -0.2) is 19.9 Å². The van der Waals surface area contributed by atoms with Gasteiger partial charge in [-0.3, -0.25) is 4.68 Å². The molecule has 0 spiro atoms. The highest BCUT2D eigenvalue weighted by molar-refractivity contribution is 9.10. The van der Waals surface area contributed by atoms with E-state index in [4.69, 9.17) is 0 Å². The Morgan fingerprint density at radius 3 is 2.80 bits per heavy atom. The van der Waals surface area contributed by atoms with Gasteiger partial charge in [0.25, 0.3) is 0 Å². The number of rotatable bonds is 2. The largest absolute Gasteiger partial charge is 0.381 e. The van der Waals surface area contributed by atoms with Crippen molar-refractivity contribution in [3.63, 3.8) is 0 Å². The minimum Gasteiger partial charge on any atom is -0.381 e. The van der Waals surface area contributed by atoms with Gasteiger partial charge in [-0.15, -0.1) is 11.3 Å². The number of aromatic nitrogens is 3. The molecule has 0 saturated carbocycles. The molecule has 2 aromatic heterocycles. The van der Waals surface area contributed by atoms with Crippen LogP contribution in [0.25, 0.3) is 0 Å². The van der Waals surface area contributed by atoms with Crippen molar-refractivity contribution < 1.29 is 5.11 Å². The molecule has 15 heavy (non-hydrogen) atoms. The third-order valence-corrected chi connectivity index (χ3v) is 3.90. The van der Waals surface area contributed by atoms with Crippen LogP contribution in [0.5, 0.6) is 0 Å². The van der Waals surface area contributed by atoms with E-state index in [0.717, 1.165) is 15.9 Å². The predicted molar refractivity (Wildman–Crippen MR) is 61.8 cm³/mol. The van der Waals surface area contributed by atoms with Crippen LogP contribution in [0.3, 0.4) is 0 Å². The summed E-state index contributed by atoms with van der Waals surface area (Å²) in [4.78, 5) is 4.19. The van der Waals surface area contributed by atoms with Crippen molar-refractivity contribution in [2.45, 2.75) is 13.0 Å². The van der Waals surface area contributed by atoms with Crippen LogP contribution in [0.15, 0.2) is 16.2 Å². The molecular weight excluding hydrogens is 278 g/mol. The lowest BCUT2D eigenvalue weighted by atomic mass is 10.1. The first-order valence-corrected chi connectivity index (χ1v) is 6.04. The maximum Gasteiger partial charge on any atom is 0.134 e. The fraction of sp³-hybridized carbons (Fsp3) is 0.333. The molecule has 1 atom stereocenters. The topological polar surface area (TPSA) is 50.9 Å². The minimum absolute atomic E-state index is 0.679. The Kier molecular flexibility index (Phi) is 2.90. The molecule has 0 fully saturated rings. The molecule has 0 radical (unpaired) electrons. The van der Waals surface area contributed by atoms with E-state index in [-0.39, 0.29) is 0 Å². The molecule has 4 nitrogen and oxygen atoms in total. The van der Waals surface area contributed by atoms with Crippen molar-refractivity contribution in [3.8, 4) is 0 Å². The van der Waals surface area contributed by atoms with Gasteiger partial charge >= 0.3 is 0 Å². The summed E-state index contributed by atoms with van der Waals surface area (Å²) >= 11 is 4.69. The highest BCUT2D eigenvalue weighted by Gasteiger charge is 2.18. The molecule has 6 heteroatoms. The third-order valence-electron chi connectivity index (χ3n) is 2.30. The molecule has 0 aliphatic rings. The van der Waals surface area contributed by atoms with Gasteiger partial charge in [0.1, 0.15) is 15.7 Å². The summed E-state index contributed by atoms with van der Waals surface area (Å²) in [6.07, 6.45) is 0.991. The molecule has 0 amide bonds. The van der Waals surface area contributed by atoms with Gasteiger partial charge in [0, 0.05) is 23.7 Å². The second-order valence-electron chi connectivity index (χ2n) is 3.22. The molecule has 0 aliphatic carbocycles.